The third-order valence-corrected chi connectivity index (χ3v) is 9.76. The van der Waals surface area contributed by atoms with Crippen LogP contribution in [0.15, 0.2) is 163 Å². The van der Waals surface area contributed by atoms with Gasteiger partial charge in [0.05, 0.1) is 28.7 Å². The van der Waals surface area contributed by atoms with Crippen molar-refractivity contribution in [2.24, 2.45) is 11.8 Å². The minimum absolute atomic E-state index is 0.173. The van der Waals surface area contributed by atoms with E-state index in [1.807, 2.05) is 0 Å². The van der Waals surface area contributed by atoms with Crippen LogP contribution in [0.5, 0.6) is 0 Å². The van der Waals surface area contributed by atoms with Crippen molar-refractivity contribution >= 4 is 35.2 Å². The zero-order valence-corrected chi connectivity index (χ0v) is 25.9. The Balaban J connectivity index is 1.46. The van der Waals surface area contributed by atoms with Crippen LogP contribution in [0.4, 0.5) is 5.69 Å². The lowest BCUT2D eigenvalue weighted by Crippen LogP contribution is -2.46. The lowest BCUT2D eigenvalue weighted by atomic mass is 9.65. The number of imide groups is 1. The number of ketones is 1. The van der Waals surface area contributed by atoms with Crippen molar-refractivity contribution in [3.63, 3.8) is 0 Å². The zero-order chi connectivity index (χ0) is 33.8. The van der Waals surface area contributed by atoms with E-state index in [0.717, 1.165) is 4.90 Å². The molecule has 49 heavy (non-hydrogen) atoms. The Morgan fingerprint density at radius 2 is 0.796 bits per heavy atom. The summed E-state index contributed by atoms with van der Waals surface area (Å²) < 4.78 is 12.5. The van der Waals surface area contributed by atoms with Gasteiger partial charge in [-0.25, -0.2) is 14.5 Å². The lowest BCUT2D eigenvalue weighted by Gasteiger charge is -2.36. The highest BCUT2D eigenvalue weighted by atomic mass is 16.6. The Morgan fingerprint density at radius 1 is 0.469 bits per heavy atom. The number of rotatable bonds is 7. The molecule has 8 rings (SSSR count). The van der Waals surface area contributed by atoms with Gasteiger partial charge in [0, 0.05) is 0 Å². The molecule has 5 aromatic rings. The summed E-state index contributed by atoms with van der Waals surface area (Å²) in [5, 5.41) is 0. The summed E-state index contributed by atoms with van der Waals surface area (Å²) in [5.41, 5.74) is -2.71. The third-order valence-electron chi connectivity index (χ3n) is 9.76. The van der Waals surface area contributed by atoms with E-state index in [-0.39, 0.29) is 22.6 Å². The second-order valence-corrected chi connectivity index (χ2v) is 12.1. The van der Waals surface area contributed by atoms with Crippen LogP contribution in [0.1, 0.15) is 31.8 Å². The molecule has 0 N–H and O–H groups in total. The molecule has 0 radical (unpaired) electrons. The molecule has 0 unspecified atom stereocenters. The van der Waals surface area contributed by atoms with Crippen LogP contribution >= 0.6 is 0 Å². The molecule has 2 amide bonds. The van der Waals surface area contributed by atoms with Crippen molar-refractivity contribution < 1.29 is 33.4 Å². The molecule has 5 aromatic carbocycles. The molecular formula is C41H27NO7. The largest absolute Gasteiger partial charge is 0.422 e. The molecule has 8 heteroatoms. The number of carbonyl (C=O) groups is 5. The molecule has 3 aliphatic rings. The van der Waals surface area contributed by atoms with Crippen LogP contribution < -0.4 is 4.90 Å². The predicted molar refractivity (Wildman–Crippen MR) is 178 cm³/mol. The second-order valence-electron chi connectivity index (χ2n) is 12.1. The number of amides is 2. The fraction of sp³-hybridized carbons (Fsp3) is 0.0976. The van der Waals surface area contributed by atoms with E-state index >= 15 is 4.79 Å². The lowest BCUT2D eigenvalue weighted by molar-refractivity contribution is -0.131. The summed E-state index contributed by atoms with van der Waals surface area (Å²) >= 11 is 0. The third kappa shape index (κ3) is 4.13. The van der Waals surface area contributed by atoms with Gasteiger partial charge in [-0.1, -0.05) is 115 Å². The number of hydrogen-bond acceptors (Lipinski definition) is 7. The van der Waals surface area contributed by atoms with Crippen LogP contribution in [0.2, 0.25) is 0 Å². The molecule has 1 aliphatic heterocycles. The van der Waals surface area contributed by atoms with Gasteiger partial charge >= 0.3 is 11.9 Å². The van der Waals surface area contributed by atoms with Crippen molar-refractivity contribution in [2.45, 2.75) is 10.8 Å². The first-order valence-corrected chi connectivity index (χ1v) is 15.8. The molecule has 2 bridgehead atoms. The van der Waals surface area contributed by atoms with Crippen molar-refractivity contribution in [2.75, 3.05) is 4.90 Å². The van der Waals surface area contributed by atoms with Crippen LogP contribution in [-0.2, 0) is 34.7 Å². The fourth-order valence-electron chi connectivity index (χ4n) is 7.81. The molecule has 4 atom stereocenters. The molecule has 0 aromatic heterocycles. The van der Waals surface area contributed by atoms with Crippen molar-refractivity contribution in [1.82, 2.24) is 0 Å². The number of allylic oxidation sites excluding steroid dienone is 2. The molecule has 1 heterocycles. The average Bonchev–Trinajstić information content (AvgIpc) is 3.65. The van der Waals surface area contributed by atoms with E-state index < -0.39 is 52.2 Å². The first-order valence-electron chi connectivity index (χ1n) is 15.8. The van der Waals surface area contributed by atoms with Crippen molar-refractivity contribution in [1.29, 1.82) is 0 Å². The zero-order valence-electron chi connectivity index (χ0n) is 25.9. The van der Waals surface area contributed by atoms with Gasteiger partial charge in [-0.15, -0.1) is 0 Å². The minimum atomic E-state index is -2.02. The highest BCUT2D eigenvalue weighted by Crippen LogP contribution is 2.71. The molecule has 1 saturated heterocycles. The Kier molecular flexibility index (Phi) is 6.96. The Labute approximate surface area is 281 Å². The topological polar surface area (TPSA) is 107 Å². The van der Waals surface area contributed by atoms with E-state index in [2.05, 4.69) is 0 Å². The van der Waals surface area contributed by atoms with Gasteiger partial charge in [-0.05, 0) is 47.5 Å². The quantitative estimate of drug-likeness (QED) is 0.154. The summed E-state index contributed by atoms with van der Waals surface area (Å²) in [5.74, 6) is -6.75. The summed E-state index contributed by atoms with van der Waals surface area (Å²) in [6.07, 6.45) is 0. The van der Waals surface area contributed by atoms with E-state index in [1.54, 1.807) is 152 Å². The number of anilines is 1. The number of ether oxygens (including phenoxy) is 2. The first kappa shape index (κ1) is 30.0. The molecule has 2 fully saturated rings. The van der Waals surface area contributed by atoms with Crippen LogP contribution in [-0.4, -0.2) is 29.5 Å². The normalized spacial score (nSPS) is 23.8. The van der Waals surface area contributed by atoms with Crippen molar-refractivity contribution in [3.8, 4) is 0 Å². The van der Waals surface area contributed by atoms with Gasteiger partial charge in [0.25, 0.3) is 0 Å². The van der Waals surface area contributed by atoms with Gasteiger partial charge < -0.3 is 9.47 Å². The maximum atomic E-state index is 15.7. The molecule has 1 saturated carbocycles. The highest BCUT2D eigenvalue weighted by Gasteiger charge is 2.85. The van der Waals surface area contributed by atoms with E-state index in [9.17, 15) is 19.2 Å². The number of Topliss-reactive ketones (excluding diaryl/α,β-unsaturated/α-hetero) is 1. The van der Waals surface area contributed by atoms with Gasteiger partial charge in [0.1, 0.15) is 10.8 Å². The maximum absolute atomic E-state index is 15.7. The second kappa shape index (κ2) is 11.4. The number of fused-ring (bicyclic) bond motifs is 5. The Hall–Kier alpha value is -6.41. The summed E-state index contributed by atoms with van der Waals surface area (Å²) in [4.78, 5) is 74.3. The van der Waals surface area contributed by atoms with Gasteiger partial charge in [0.2, 0.25) is 11.8 Å². The maximum Gasteiger partial charge on any atom is 0.343 e. The van der Waals surface area contributed by atoms with E-state index in [4.69, 9.17) is 9.47 Å². The van der Waals surface area contributed by atoms with Gasteiger partial charge in [0.15, 0.2) is 17.3 Å². The van der Waals surface area contributed by atoms with Crippen LogP contribution in [0, 0.1) is 11.8 Å². The van der Waals surface area contributed by atoms with Crippen molar-refractivity contribution in [3.05, 3.63) is 185 Å². The fourth-order valence-corrected chi connectivity index (χ4v) is 7.81. The SMILES string of the molecule is O=C(OC1=C(OC(=O)c2ccccc2)[C@@]2(c3ccccc3)C(=O)[C@@]1(c1ccccc1)[C@H]1C(=O)N(c3ccccc3)C(=O)[C@@H]12)c1ccccc1. The minimum Gasteiger partial charge on any atom is -0.422 e. The summed E-state index contributed by atoms with van der Waals surface area (Å²) in [7, 11) is 0. The number of hydrogen-bond donors (Lipinski definition) is 0. The first-order chi connectivity index (χ1) is 23.9. The number of nitrogens with zero attached hydrogens (tertiary/aromatic N) is 1. The Morgan fingerprint density at radius 3 is 1.16 bits per heavy atom. The summed E-state index contributed by atoms with van der Waals surface area (Å²) in [6.45, 7) is 0. The van der Waals surface area contributed by atoms with E-state index in [0.29, 0.717) is 16.8 Å². The average molecular weight is 646 g/mol. The van der Waals surface area contributed by atoms with E-state index in [1.165, 1.54) is 0 Å². The van der Waals surface area contributed by atoms with Gasteiger partial charge in [-0.2, -0.15) is 0 Å². The number of para-hydroxylation sites is 1. The number of benzene rings is 5. The molecule has 0 spiro atoms. The molecule has 8 nitrogen and oxygen atoms in total. The number of esters is 2. The smallest absolute Gasteiger partial charge is 0.343 e. The predicted octanol–water partition coefficient (Wildman–Crippen LogP) is 6.19. The molecule has 2 aliphatic carbocycles. The highest BCUT2D eigenvalue weighted by molar-refractivity contribution is 6.31. The van der Waals surface area contributed by atoms with Crippen LogP contribution in [0.3, 0.4) is 0 Å². The van der Waals surface area contributed by atoms with Gasteiger partial charge in [-0.3, -0.25) is 14.4 Å². The number of carbonyl (C=O) groups excluding carboxylic acids is 5. The Bertz CT molecular complexity index is 2030. The summed E-state index contributed by atoms with van der Waals surface area (Å²) in [6, 6.07) is 41.8. The molecular weight excluding hydrogens is 618 g/mol. The monoisotopic (exact) mass is 645 g/mol. The standard InChI is InChI=1S/C41H27NO7/c43-35-31-32(36(44)42(35)30-24-14-5-15-25-30)41(29-22-12-4-13-23-29)34(49-38(46)27-18-8-2-9-19-27)33(48-37(45)26-16-6-1-7-17-26)40(31,39(41)47)28-20-10-3-11-21-28/h1-25,31-32H/t31-,32-,40+,41+/m1/s1. The molecule has 238 valence electrons. The van der Waals surface area contributed by atoms with Crippen LogP contribution in [0.25, 0.3) is 0 Å².